The third-order valence-electron chi connectivity index (χ3n) is 2.59. The van der Waals surface area contributed by atoms with Gasteiger partial charge in [0.25, 0.3) is 0 Å². The van der Waals surface area contributed by atoms with Crippen LogP contribution in [-0.2, 0) is 6.42 Å². The van der Waals surface area contributed by atoms with E-state index in [2.05, 4.69) is 6.07 Å². The fraction of sp³-hybridized carbons (Fsp3) is 0.455. The van der Waals surface area contributed by atoms with E-state index in [0.29, 0.717) is 12.5 Å². The Morgan fingerprint density at radius 1 is 1.53 bits per heavy atom. The molecule has 15 heavy (non-hydrogen) atoms. The lowest BCUT2D eigenvalue weighted by molar-refractivity contribution is 0.225. The first-order valence-corrected chi connectivity index (χ1v) is 4.83. The number of benzene rings is 1. The van der Waals surface area contributed by atoms with Crippen LogP contribution in [-0.4, -0.2) is 20.3 Å². The van der Waals surface area contributed by atoms with E-state index in [4.69, 9.17) is 15.2 Å². The van der Waals surface area contributed by atoms with E-state index in [1.807, 2.05) is 12.1 Å². The summed E-state index contributed by atoms with van der Waals surface area (Å²) in [5.41, 5.74) is 6.84. The highest BCUT2D eigenvalue weighted by Gasteiger charge is 2.18. The van der Waals surface area contributed by atoms with Gasteiger partial charge in [-0.2, -0.15) is 0 Å². The lowest BCUT2D eigenvalue weighted by Crippen LogP contribution is -2.27. The van der Waals surface area contributed by atoms with Crippen molar-refractivity contribution in [3.8, 4) is 11.5 Å². The van der Waals surface area contributed by atoms with E-state index in [1.54, 1.807) is 7.11 Å². The number of ether oxygens (including phenoxy) is 2. The molecule has 2 rings (SSSR count). The third kappa shape index (κ3) is 2.55. The minimum Gasteiger partial charge on any atom is -0.497 e. The molecule has 1 aliphatic heterocycles. The summed E-state index contributed by atoms with van der Waals surface area (Å²) in [4.78, 5) is 0. The average molecular weight is 230 g/mol. The Labute approximate surface area is 96.0 Å². The van der Waals surface area contributed by atoms with Gasteiger partial charge in [-0.05, 0) is 24.6 Å². The Balaban J connectivity index is 0.00000112. The van der Waals surface area contributed by atoms with Crippen LogP contribution >= 0.6 is 12.4 Å². The number of rotatable bonds is 2. The fourth-order valence-corrected chi connectivity index (χ4v) is 1.69. The van der Waals surface area contributed by atoms with Crippen LogP contribution in [0.25, 0.3) is 0 Å². The van der Waals surface area contributed by atoms with Gasteiger partial charge in [0.2, 0.25) is 0 Å². The molecule has 3 nitrogen and oxygen atoms in total. The molecule has 0 spiro atoms. The molecule has 0 fully saturated rings. The highest BCUT2D eigenvalue weighted by Crippen LogP contribution is 2.30. The summed E-state index contributed by atoms with van der Waals surface area (Å²) in [5.74, 6) is 2.24. The van der Waals surface area contributed by atoms with Gasteiger partial charge in [0.05, 0.1) is 13.7 Å². The number of hydrogen-bond acceptors (Lipinski definition) is 3. The van der Waals surface area contributed by atoms with Crippen molar-refractivity contribution >= 4 is 12.4 Å². The van der Waals surface area contributed by atoms with Crippen LogP contribution in [0.4, 0.5) is 0 Å². The van der Waals surface area contributed by atoms with Gasteiger partial charge >= 0.3 is 0 Å². The largest absolute Gasteiger partial charge is 0.497 e. The zero-order valence-electron chi connectivity index (χ0n) is 8.73. The minimum atomic E-state index is 0. The molecule has 4 heteroatoms. The molecule has 1 atom stereocenters. The van der Waals surface area contributed by atoms with Crippen molar-refractivity contribution in [3.63, 3.8) is 0 Å². The second kappa shape index (κ2) is 5.24. The predicted octanol–water partition coefficient (Wildman–Crippen LogP) is 1.63. The molecule has 0 bridgehead atoms. The molecule has 0 aliphatic carbocycles. The standard InChI is InChI=1S/C11H15NO2.ClH/c1-13-10-3-2-9-4-8(6-12)7-14-11(9)5-10;/h2-3,5,8H,4,6-7,12H2,1H3;1H. The van der Waals surface area contributed by atoms with Crippen molar-refractivity contribution in [2.24, 2.45) is 11.7 Å². The number of hydrogen-bond donors (Lipinski definition) is 1. The molecule has 1 aliphatic rings. The van der Waals surface area contributed by atoms with E-state index in [0.717, 1.165) is 24.5 Å². The van der Waals surface area contributed by atoms with Crippen LogP contribution in [0.1, 0.15) is 5.56 Å². The fourth-order valence-electron chi connectivity index (χ4n) is 1.69. The lowest BCUT2D eigenvalue weighted by Gasteiger charge is -2.24. The summed E-state index contributed by atoms with van der Waals surface area (Å²) in [5, 5.41) is 0. The van der Waals surface area contributed by atoms with Crippen LogP contribution in [0, 0.1) is 5.92 Å². The van der Waals surface area contributed by atoms with Crippen molar-refractivity contribution in [1.82, 2.24) is 0 Å². The summed E-state index contributed by atoms with van der Waals surface area (Å²) >= 11 is 0. The normalized spacial score (nSPS) is 18.4. The second-order valence-electron chi connectivity index (χ2n) is 3.59. The van der Waals surface area contributed by atoms with Crippen molar-refractivity contribution in [1.29, 1.82) is 0 Å². The summed E-state index contributed by atoms with van der Waals surface area (Å²) in [6.45, 7) is 1.40. The molecule has 2 N–H and O–H groups in total. The monoisotopic (exact) mass is 229 g/mol. The van der Waals surface area contributed by atoms with Gasteiger partial charge in [0, 0.05) is 12.0 Å². The van der Waals surface area contributed by atoms with Gasteiger partial charge in [-0.1, -0.05) is 6.07 Å². The summed E-state index contributed by atoms with van der Waals surface area (Å²) in [7, 11) is 1.66. The molecule has 1 heterocycles. The number of nitrogens with two attached hydrogens (primary N) is 1. The molecular formula is C11H16ClNO2. The molecule has 84 valence electrons. The smallest absolute Gasteiger partial charge is 0.126 e. The first-order valence-electron chi connectivity index (χ1n) is 4.83. The van der Waals surface area contributed by atoms with Crippen LogP contribution in [0.5, 0.6) is 11.5 Å². The van der Waals surface area contributed by atoms with Crippen molar-refractivity contribution in [3.05, 3.63) is 23.8 Å². The third-order valence-corrected chi connectivity index (χ3v) is 2.59. The molecule has 0 saturated carbocycles. The Bertz CT molecular complexity index is 330. The maximum Gasteiger partial charge on any atom is 0.126 e. The molecular weight excluding hydrogens is 214 g/mol. The first-order chi connectivity index (χ1) is 6.83. The van der Waals surface area contributed by atoms with Gasteiger partial charge in [0.1, 0.15) is 11.5 Å². The Hall–Kier alpha value is -0.930. The van der Waals surface area contributed by atoms with Gasteiger partial charge in [-0.15, -0.1) is 12.4 Å². The zero-order valence-corrected chi connectivity index (χ0v) is 9.55. The zero-order chi connectivity index (χ0) is 9.97. The molecule has 1 aromatic rings. The summed E-state index contributed by atoms with van der Waals surface area (Å²) in [6.07, 6.45) is 1.01. The van der Waals surface area contributed by atoms with Crippen molar-refractivity contribution < 1.29 is 9.47 Å². The molecule has 0 saturated heterocycles. The van der Waals surface area contributed by atoms with Gasteiger partial charge in [-0.25, -0.2) is 0 Å². The minimum absolute atomic E-state index is 0. The first kappa shape index (κ1) is 12.1. The maximum absolute atomic E-state index is 5.61. The van der Waals surface area contributed by atoms with E-state index < -0.39 is 0 Å². The van der Waals surface area contributed by atoms with Crippen molar-refractivity contribution in [2.45, 2.75) is 6.42 Å². The van der Waals surface area contributed by atoms with E-state index in [9.17, 15) is 0 Å². The van der Waals surface area contributed by atoms with Gasteiger partial charge < -0.3 is 15.2 Å². The summed E-state index contributed by atoms with van der Waals surface area (Å²) in [6, 6.07) is 5.94. The highest BCUT2D eigenvalue weighted by atomic mass is 35.5. The van der Waals surface area contributed by atoms with E-state index >= 15 is 0 Å². The molecule has 1 unspecified atom stereocenters. The Morgan fingerprint density at radius 2 is 2.33 bits per heavy atom. The highest BCUT2D eigenvalue weighted by molar-refractivity contribution is 5.85. The van der Waals surface area contributed by atoms with Crippen LogP contribution in [0.15, 0.2) is 18.2 Å². The molecule has 1 aromatic carbocycles. The molecule has 0 radical (unpaired) electrons. The van der Waals surface area contributed by atoms with Crippen LogP contribution in [0.2, 0.25) is 0 Å². The van der Waals surface area contributed by atoms with Crippen molar-refractivity contribution in [2.75, 3.05) is 20.3 Å². The quantitative estimate of drug-likeness (QED) is 0.839. The van der Waals surface area contributed by atoms with Crippen LogP contribution in [0.3, 0.4) is 0 Å². The van der Waals surface area contributed by atoms with E-state index in [-0.39, 0.29) is 12.4 Å². The lowest BCUT2D eigenvalue weighted by atomic mass is 9.97. The number of methoxy groups -OCH3 is 1. The Kier molecular flexibility index (Phi) is 4.24. The van der Waals surface area contributed by atoms with Gasteiger partial charge in [0.15, 0.2) is 0 Å². The topological polar surface area (TPSA) is 44.5 Å². The van der Waals surface area contributed by atoms with Crippen LogP contribution < -0.4 is 15.2 Å². The average Bonchev–Trinajstić information content (AvgIpc) is 2.27. The maximum atomic E-state index is 5.61. The number of halogens is 1. The SMILES string of the molecule is COc1ccc2c(c1)OCC(CN)C2.Cl. The van der Waals surface area contributed by atoms with Gasteiger partial charge in [-0.3, -0.25) is 0 Å². The second-order valence-corrected chi connectivity index (χ2v) is 3.59. The number of fused-ring (bicyclic) bond motifs is 1. The Morgan fingerprint density at radius 3 is 3.00 bits per heavy atom. The summed E-state index contributed by atoms with van der Waals surface area (Å²) < 4.78 is 10.7. The molecule has 0 aromatic heterocycles. The predicted molar refractivity (Wildman–Crippen MR) is 62.0 cm³/mol. The van der Waals surface area contributed by atoms with E-state index in [1.165, 1.54) is 5.56 Å². The molecule has 0 amide bonds.